The lowest BCUT2D eigenvalue weighted by Gasteiger charge is -2.64. The van der Waals surface area contributed by atoms with Gasteiger partial charge in [0.05, 0.1) is 5.41 Å². The van der Waals surface area contributed by atoms with Gasteiger partial charge in [0, 0.05) is 0 Å². The van der Waals surface area contributed by atoms with Crippen LogP contribution >= 0.6 is 0 Å². The lowest BCUT2D eigenvalue weighted by Crippen LogP contribution is -2.61. The van der Waals surface area contributed by atoms with Crippen LogP contribution in [0.3, 0.4) is 0 Å². The summed E-state index contributed by atoms with van der Waals surface area (Å²) in [5.74, 6) is -0.332. The zero-order valence-electron chi connectivity index (χ0n) is 12.7. The van der Waals surface area contributed by atoms with Crippen LogP contribution in [-0.4, -0.2) is 23.0 Å². The second-order valence-electron chi connectivity index (χ2n) is 8.44. The van der Waals surface area contributed by atoms with E-state index in [4.69, 9.17) is 5.11 Å². The maximum absolute atomic E-state index is 12.7. The molecule has 4 aliphatic rings. The van der Waals surface area contributed by atoms with Crippen LogP contribution < -0.4 is 5.32 Å². The molecular weight excluding hydrogens is 254 g/mol. The van der Waals surface area contributed by atoms with E-state index in [0.717, 1.165) is 19.3 Å². The van der Waals surface area contributed by atoms with Crippen molar-refractivity contribution in [1.29, 1.82) is 0 Å². The lowest BCUT2D eigenvalue weighted by molar-refractivity contribution is -0.171. The van der Waals surface area contributed by atoms with Crippen LogP contribution in [0.5, 0.6) is 0 Å². The van der Waals surface area contributed by atoms with Gasteiger partial charge in [0.25, 0.3) is 0 Å². The van der Waals surface area contributed by atoms with E-state index in [-0.39, 0.29) is 22.2 Å². The Balaban J connectivity index is 1.85. The summed E-state index contributed by atoms with van der Waals surface area (Å²) in [4.78, 5) is 23.7. The zero-order valence-corrected chi connectivity index (χ0v) is 12.7. The number of hydrogen-bond acceptors (Lipinski definition) is 2. The fourth-order valence-corrected chi connectivity index (χ4v) is 6.11. The third kappa shape index (κ3) is 2.04. The SMILES string of the molecule is CC(NC(=O)C12CC3CC(C)(CC(C)(C3)C1)C2)C(=O)O. The molecule has 4 bridgehead atoms. The van der Waals surface area contributed by atoms with E-state index >= 15 is 0 Å². The molecule has 4 fully saturated rings. The fraction of sp³-hybridized carbons (Fsp3) is 0.875. The molecule has 0 aromatic carbocycles. The van der Waals surface area contributed by atoms with Crippen LogP contribution in [-0.2, 0) is 9.59 Å². The van der Waals surface area contributed by atoms with Gasteiger partial charge in [-0.2, -0.15) is 0 Å². The molecule has 1 amide bonds. The third-order valence-electron chi connectivity index (χ3n) is 5.83. The summed E-state index contributed by atoms with van der Waals surface area (Å²) >= 11 is 0. The van der Waals surface area contributed by atoms with Crippen LogP contribution in [0.25, 0.3) is 0 Å². The first-order valence-electron chi connectivity index (χ1n) is 7.69. The molecule has 0 aliphatic heterocycles. The summed E-state index contributed by atoms with van der Waals surface area (Å²) in [6.07, 6.45) is 6.53. The van der Waals surface area contributed by atoms with Crippen molar-refractivity contribution in [1.82, 2.24) is 5.32 Å². The molecule has 20 heavy (non-hydrogen) atoms. The van der Waals surface area contributed by atoms with E-state index in [1.165, 1.54) is 19.3 Å². The van der Waals surface area contributed by atoms with Gasteiger partial charge in [0.15, 0.2) is 0 Å². The van der Waals surface area contributed by atoms with Gasteiger partial charge < -0.3 is 10.4 Å². The molecule has 0 aromatic heterocycles. The van der Waals surface area contributed by atoms with Crippen molar-refractivity contribution < 1.29 is 14.7 Å². The summed E-state index contributed by atoms with van der Waals surface area (Å²) in [6.45, 7) is 6.18. The lowest BCUT2D eigenvalue weighted by atomic mass is 9.40. The average molecular weight is 279 g/mol. The van der Waals surface area contributed by atoms with Crippen molar-refractivity contribution >= 4 is 11.9 Å². The van der Waals surface area contributed by atoms with Gasteiger partial charge in [-0.05, 0) is 62.2 Å². The van der Waals surface area contributed by atoms with Crippen molar-refractivity contribution in [3.63, 3.8) is 0 Å². The van der Waals surface area contributed by atoms with Gasteiger partial charge in [-0.15, -0.1) is 0 Å². The molecule has 4 rings (SSSR count). The van der Waals surface area contributed by atoms with E-state index in [2.05, 4.69) is 19.2 Å². The van der Waals surface area contributed by atoms with Crippen molar-refractivity contribution in [3.8, 4) is 0 Å². The van der Waals surface area contributed by atoms with E-state index in [1.54, 1.807) is 6.92 Å². The van der Waals surface area contributed by atoms with Crippen molar-refractivity contribution in [2.45, 2.75) is 65.3 Å². The minimum absolute atomic E-state index is 0.0195. The minimum Gasteiger partial charge on any atom is -0.480 e. The smallest absolute Gasteiger partial charge is 0.325 e. The Morgan fingerprint density at radius 1 is 1.10 bits per heavy atom. The summed E-state index contributed by atoms with van der Waals surface area (Å²) in [6, 6.07) is -0.795. The van der Waals surface area contributed by atoms with E-state index in [9.17, 15) is 9.59 Å². The molecule has 0 saturated heterocycles. The summed E-state index contributed by atoms with van der Waals surface area (Å²) < 4.78 is 0. The number of carboxylic acids is 1. The summed E-state index contributed by atoms with van der Waals surface area (Å²) in [5, 5.41) is 11.7. The Morgan fingerprint density at radius 2 is 1.65 bits per heavy atom. The van der Waals surface area contributed by atoms with Crippen LogP contribution in [0.4, 0.5) is 0 Å². The van der Waals surface area contributed by atoms with Gasteiger partial charge in [0.1, 0.15) is 6.04 Å². The highest BCUT2D eigenvalue weighted by atomic mass is 16.4. The van der Waals surface area contributed by atoms with Gasteiger partial charge in [-0.25, -0.2) is 0 Å². The van der Waals surface area contributed by atoms with Crippen LogP contribution in [0, 0.1) is 22.2 Å². The number of rotatable bonds is 3. The predicted octanol–water partition coefficient (Wildman–Crippen LogP) is 2.57. The first-order valence-corrected chi connectivity index (χ1v) is 7.69. The molecule has 4 saturated carbocycles. The Labute approximate surface area is 120 Å². The van der Waals surface area contributed by atoms with Crippen LogP contribution in [0.15, 0.2) is 0 Å². The molecule has 0 aromatic rings. The largest absolute Gasteiger partial charge is 0.480 e. The normalized spacial score (nSPS) is 47.0. The molecule has 112 valence electrons. The van der Waals surface area contributed by atoms with Crippen molar-refractivity contribution in [3.05, 3.63) is 0 Å². The highest BCUT2D eigenvalue weighted by molar-refractivity contribution is 5.87. The van der Waals surface area contributed by atoms with Gasteiger partial charge >= 0.3 is 5.97 Å². The number of amides is 1. The van der Waals surface area contributed by atoms with E-state index < -0.39 is 12.0 Å². The van der Waals surface area contributed by atoms with Crippen LogP contribution in [0.1, 0.15) is 59.3 Å². The number of aliphatic carboxylic acids is 1. The number of hydrogen-bond donors (Lipinski definition) is 2. The Kier molecular flexibility index (Phi) is 2.77. The highest BCUT2D eigenvalue weighted by Crippen LogP contribution is 2.69. The maximum Gasteiger partial charge on any atom is 0.325 e. The Hall–Kier alpha value is -1.06. The predicted molar refractivity (Wildman–Crippen MR) is 75.1 cm³/mol. The summed E-state index contributed by atoms with van der Waals surface area (Å²) in [7, 11) is 0. The average Bonchev–Trinajstić information content (AvgIpc) is 2.23. The topological polar surface area (TPSA) is 66.4 Å². The standard InChI is InChI=1S/C16H25NO3/c1-10(12(18)19)17-13(20)16-6-11-4-14(2,8-16)7-15(3,5-11)9-16/h10-11H,4-9H2,1-3H3,(H,17,20)(H,18,19). The quantitative estimate of drug-likeness (QED) is 0.834. The minimum atomic E-state index is -0.958. The second-order valence-corrected chi connectivity index (χ2v) is 8.44. The Bertz CT molecular complexity index is 454. The fourth-order valence-electron chi connectivity index (χ4n) is 6.11. The van der Waals surface area contributed by atoms with Gasteiger partial charge in [0.2, 0.25) is 5.91 Å². The highest BCUT2D eigenvalue weighted by Gasteiger charge is 2.62. The van der Waals surface area contributed by atoms with Crippen molar-refractivity contribution in [2.75, 3.05) is 0 Å². The molecule has 0 spiro atoms. The van der Waals surface area contributed by atoms with Gasteiger partial charge in [-0.3, -0.25) is 9.59 Å². The van der Waals surface area contributed by atoms with E-state index in [0.29, 0.717) is 5.92 Å². The zero-order chi connectivity index (χ0) is 14.8. The monoisotopic (exact) mass is 279 g/mol. The molecule has 2 N–H and O–H groups in total. The molecule has 4 aliphatic carbocycles. The number of nitrogens with one attached hydrogen (secondary N) is 1. The second kappa shape index (κ2) is 3.99. The molecule has 4 nitrogen and oxygen atoms in total. The number of carboxylic acid groups (broad SMARTS) is 1. The molecule has 4 heteroatoms. The first-order chi connectivity index (χ1) is 9.15. The molecular formula is C16H25NO3. The molecule has 3 unspecified atom stereocenters. The Morgan fingerprint density at radius 3 is 2.10 bits per heavy atom. The van der Waals surface area contributed by atoms with E-state index in [1.807, 2.05) is 0 Å². The van der Waals surface area contributed by atoms with Crippen LogP contribution in [0.2, 0.25) is 0 Å². The third-order valence-corrected chi connectivity index (χ3v) is 5.83. The first kappa shape index (κ1) is 13.9. The molecule has 0 radical (unpaired) electrons. The van der Waals surface area contributed by atoms with Gasteiger partial charge in [-0.1, -0.05) is 13.8 Å². The molecule has 0 heterocycles. The van der Waals surface area contributed by atoms with Crippen molar-refractivity contribution in [2.24, 2.45) is 22.2 Å². The maximum atomic E-state index is 12.7. The number of carbonyl (C=O) groups excluding carboxylic acids is 1. The molecule has 3 atom stereocenters. The number of carbonyl (C=O) groups is 2. The summed E-state index contributed by atoms with van der Waals surface area (Å²) in [5.41, 5.74) is 0.239.